The van der Waals surface area contributed by atoms with Crippen LogP contribution in [0.4, 0.5) is 0 Å². The van der Waals surface area contributed by atoms with Gasteiger partial charge in [0.1, 0.15) is 0 Å². The molecule has 0 aromatic heterocycles. The summed E-state index contributed by atoms with van der Waals surface area (Å²) in [6.07, 6.45) is 21.9. The number of hydrogen-bond acceptors (Lipinski definition) is 3. The molecule has 0 aromatic carbocycles. The third kappa shape index (κ3) is 20.7. The second-order valence-corrected chi connectivity index (χ2v) is 8.22. The van der Waals surface area contributed by atoms with Gasteiger partial charge < -0.3 is 0 Å². The summed E-state index contributed by atoms with van der Waals surface area (Å²) < 4.78 is 26.7. The van der Waals surface area contributed by atoms with Crippen molar-refractivity contribution in [3.63, 3.8) is 0 Å². The Morgan fingerprint density at radius 1 is 0.708 bits per heavy atom. The predicted molar refractivity (Wildman–Crippen MR) is 107 cm³/mol. The van der Waals surface area contributed by atoms with Crippen LogP contribution < -0.4 is 0 Å². The molecule has 0 aromatic rings. The van der Waals surface area contributed by atoms with E-state index in [0.29, 0.717) is 6.42 Å². The van der Waals surface area contributed by atoms with Gasteiger partial charge in [-0.3, -0.25) is 4.18 Å². The van der Waals surface area contributed by atoms with Crippen molar-refractivity contribution in [2.75, 3.05) is 12.9 Å². The Morgan fingerprint density at radius 3 is 1.58 bits per heavy atom. The Kier molecular flexibility index (Phi) is 22.4. The van der Waals surface area contributed by atoms with Crippen LogP contribution in [0.3, 0.4) is 0 Å². The first-order valence-corrected chi connectivity index (χ1v) is 11.1. The Bertz CT molecular complexity index is 367. The van der Waals surface area contributed by atoms with E-state index in [1.165, 1.54) is 77.7 Å². The summed E-state index contributed by atoms with van der Waals surface area (Å²) in [6.45, 7) is 2.26. The van der Waals surface area contributed by atoms with Crippen LogP contribution in [0.25, 0.3) is 0 Å². The summed E-state index contributed by atoms with van der Waals surface area (Å²) in [5.74, 6) is 0.157. The molecule has 0 N–H and O–H groups in total. The van der Waals surface area contributed by atoms with E-state index in [-0.39, 0.29) is 35.3 Å². The third-order valence-electron chi connectivity index (χ3n) is 4.16. The van der Waals surface area contributed by atoms with Crippen LogP contribution >= 0.6 is 0 Å². The SMILES string of the molecule is CCCCCCCC/C=C\CCCCCCCCS(=O)(=O)OC.[NaH]. The van der Waals surface area contributed by atoms with Crippen molar-refractivity contribution in [3.8, 4) is 0 Å². The van der Waals surface area contributed by atoms with Gasteiger partial charge in [0.15, 0.2) is 0 Å². The van der Waals surface area contributed by atoms with E-state index in [1.807, 2.05) is 0 Å². The number of unbranched alkanes of at least 4 members (excludes halogenated alkanes) is 12. The zero-order valence-corrected chi connectivity index (χ0v) is 16.2. The zero-order valence-electron chi connectivity index (χ0n) is 15.4. The van der Waals surface area contributed by atoms with Crippen LogP contribution in [-0.2, 0) is 14.3 Å². The summed E-state index contributed by atoms with van der Waals surface area (Å²) in [6, 6.07) is 0. The first kappa shape index (κ1) is 26.9. The van der Waals surface area contributed by atoms with Gasteiger partial charge in [-0.25, -0.2) is 0 Å². The monoisotopic (exact) mass is 370 g/mol. The minimum absolute atomic E-state index is 0. The summed E-state index contributed by atoms with van der Waals surface area (Å²) in [5.41, 5.74) is 0. The first-order chi connectivity index (χ1) is 11.1. The molecule has 24 heavy (non-hydrogen) atoms. The molecular formula is C19H39NaO3S. The van der Waals surface area contributed by atoms with Crippen molar-refractivity contribution < 1.29 is 12.6 Å². The molecule has 0 bridgehead atoms. The van der Waals surface area contributed by atoms with Crippen molar-refractivity contribution in [1.29, 1.82) is 0 Å². The molecule has 5 heteroatoms. The molecule has 0 aliphatic carbocycles. The van der Waals surface area contributed by atoms with Crippen LogP contribution in [0.5, 0.6) is 0 Å². The summed E-state index contributed by atoms with van der Waals surface area (Å²) in [7, 11) is -2.02. The number of hydrogen-bond donors (Lipinski definition) is 0. The van der Waals surface area contributed by atoms with Gasteiger partial charge >= 0.3 is 29.6 Å². The quantitative estimate of drug-likeness (QED) is 0.150. The number of allylic oxidation sites excluding steroid dienone is 2. The molecule has 0 saturated carbocycles. The van der Waals surface area contributed by atoms with Crippen molar-refractivity contribution in [3.05, 3.63) is 12.2 Å². The van der Waals surface area contributed by atoms with E-state index >= 15 is 0 Å². The van der Waals surface area contributed by atoms with E-state index in [0.717, 1.165) is 12.8 Å². The van der Waals surface area contributed by atoms with Crippen molar-refractivity contribution in [2.24, 2.45) is 0 Å². The maximum atomic E-state index is 11.1. The van der Waals surface area contributed by atoms with E-state index in [2.05, 4.69) is 23.3 Å². The maximum absolute atomic E-state index is 11.1. The Balaban J connectivity index is 0. The molecule has 3 nitrogen and oxygen atoms in total. The molecule has 0 aliphatic heterocycles. The van der Waals surface area contributed by atoms with Gasteiger partial charge in [-0.2, -0.15) is 8.42 Å². The van der Waals surface area contributed by atoms with Crippen molar-refractivity contribution >= 4 is 39.7 Å². The summed E-state index contributed by atoms with van der Waals surface area (Å²) in [5, 5.41) is 0. The van der Waals surface area contributed by atoms with Gasteiger partial charge in [-0.05, 0) is 32.1 Å². The van der Waals surface area contributed by atoms with Crippen LogP contribution in [0.1, 0.15) is 96.8 Å². The predicted octanol–water partition coefficient (Wildman–Crippen LogP) is 5.35. The average Bonchev–Trinajstić information content (AvgIpc) is 2.54. The summed E-state index contributed by atoms with van der Waals surface area (Å²) >= 11 is 0. The van der Waals surface area contributed by atoms with E-state index in [1.54, 1.807) is 0 Å². The molecular weight excluding hydrogens is 331 g/mol. The third-order valence-corrected chi connectivity index (χ3v) is 5.46. The molecule has 0 fully saturated rings. The fraction of sp³-hybridized carbons (Fsp3) is 0.895. The van der Waals surface area contributed by atoms with Gasteiger partial charge in [-0.1, -0.05) is 76.9 Å². The topological polar surface area (TPSA) is 43.4 Å². The van der Waals surface area contributed by atoms with E-state index in [4.69, 9.17) is 0 Å². The van der Waals surface area contributed by atoms with Crippen molar-refractivity contribution in [1.82, 2.24) is 0 Å². The van der Waals surface area contributed by atoms with Crippen LogP contribution in [0.2, 0.25) is 0 Å². The Labute approximate surface area is 173 Å². The Hall–Kier alpha value is 0.650. The van der Waals surface area contributed by atoms with Gasteiger partial charge in [0.2, 0.25) is 0 Å². The zero-order chi connectivity index (χ0) is 17.2. The molecule has 0 saturated heterocycles. The fourth-order valence-electron chi connectivity index (χ4n) is 2.61. The molecule has 0 amide bonds. The average molecular weight is 371 g/mol. The van der Waals surface area contributed by atoms with E-state index < -0.39 is 10.1 Å². The van der Waals surface area contributed by atoms with Gasteiger partial charge in [-0.15, -0.1) is 0 Å². The molecule has 0 radical (unpaired) electrons. The molecule has 140 valence electrons. The van der Waals surface area contributed by atoms with Gasteiger partial charge in [0.25, 0.3) is 10.1 Å². The standard InChI is InChI=1S/C19H38O3S.Na.H/c1-3-4-5-6-7-8-9-10-11-12-13-14-15-16-17-18-19-23(20,21)22-2;;/h10-11H,3-9,12-19H2,1-2H3;;/b11-10-;;. The first-order valence-electron chi connectivity index (χ1n) is 9.55. The Morgan fingerprint density at radius 2 is 1.12 bits per heavy atom. The molecule has 0 spiro atoms. The van der Waals surface area contributed by atoms with E-state index in [9.17, 15) is 8.42 Å². The molecule has 0 heterocycles. The van der Waals surface area contributed by atoms with Crippen LogP contribution in [-0.4, -0.2) is 50.8 Å². The van der Waals surface area contributed by atoms with Gasteiger partial charge in [0, 0.05) is 0 Å². The second-order valence-electron chi connectivity index (χ2n) is 6.37. The second kappa shape index (κ2) is 20.0. The molecule has 0 aliphatic rings. The molecule has 0 atom stereocenters. The normalized spacial score (nSPS) is 11.8. The minimum atomic E-state index is -3.25. The number of rotatable bonds is 17. The molecule has 0 rings (SSSR count). The molecule has 0 unspecified atom stereocenters. The van der Waals surface area contributed by atoms with Crippen LogP contribution in [0, 0.1) is 0 Å². The van der Waals surface area contributed by atoms with Crippen molar-refractivity contribution in [2.45, 2.75) is 96.8 Å². The fourth-order valence-corrected chi connectivity index (χ4v) is 3.33. The van der Waals surface area contributed by atoms with Gasteiger partial charge in [0.05, 0.1) is 12.9 Å². The summed E-state index contributed by atoms with van der Waals surface area (Å²) in [4.78, 5) is 0. The van der Waals surface area contributed by atoms with Crippen LogP contribution in [0.15, 0.2) is 12.2 Å².